The Morgan fingerprint density at radius 1 is 1.31 bits per heavy atom. The molecule has 1 saturated heterocycles. The lowest BCUT2D eigenvalue weighted by molar-refractivity contribution is 0.0626. The van der Waals surface area contributed by atoms with Crippen LogP contribution in [0.3, 0.4) is 0 Å². The van der Waals surface area contributed by atoms with E-state index in [4.69, 9.17) is 4.74 Å². The molecular formula is C18H23N3O4S. The Labute approximate surface area is 153 Å². The topological polar surface area (TPSA) is 89.4 Å². The number of carbonyl (C=O) groups is 1. The minimum absolute atomic E-state index is 0.0835. The Morgan fingerprint density at radius 2 is 2.08 bits per heavy atom. The molecule has 0 saturated carbocycles. The minimum atomic E-state index is -3.71. The maximum Gasteiger partial charge on any atom is 0.267 e. The molecule has 8 heteroatoms. The number of rotatable bonds is 5. The molecule has 1 aliphatic heterocycles. The number of nitrogens with zero attached hydrogens (tertiary/aromatic N) is 1. The molecule has 1 aliphatic rings. The molecule has 2 heterocycles. The molecule has 26 heavy (non-hydrogen) atoms. The number of hydrogen-bond acceptors (Lipinski definition) is 5. The first-order valence-electron chi connectivity index (χ1n) is 8.57. The van der Waals surface area contributed by atoms with E-state index >= 15 is 0 Å². The normalized spacial score (nSPS) is 18.3. The second kappa shape index (κ2) is 8.03. The highest BCUT2D eigenvalue weighted by Gasteiger charge is 2.19. The maximum atomic E-state index is 12.6. The molecule has 2 N–H and O–H groups in total. The molecule has 1 aromatic carbocycles. The van der Waals surface area contributed by atoms with Gasteiger partial charge in [0.2, 0.25) is 0 Å². The van der Waals surface area contributed by atoms with Gasteiger partial charge < -0.3 is 15.4 Å². The number of hydrogen-bond donors (Lipinski definition) is 2. The molecule has 1 fully saturated rings. The summed E-state index contributed by atoms with van der Waals surface area (Å²) in [6.07, 6.45) is 3.58. The average molecular weight is 377 g/mol. The second-order valence-corrected chi connectivity index (χ2v) is 8.15. The fourth-order valence-corrected chi connectivity index (χ4v) is 3.90. The van der Waals surface area contributed by atoms with Crippen LogP contribution < -0.4 is 10.6 Å². The number of aryl methyl sites for hydroxylation is 1. The fourth-order valence-electron chi connectivity index (χ4n) is 2.70. The maximum absolute atomic E-state index is 12.6. The summed E-state index contributed by atoms with van der Waals surface area (Å²) < 4.78 is 32.0. The molecule has 0 radical (unpaired) electrons. The SMILES string of the molecule is Cc1ccc(S(=O)(=O)n2ccc(C(=O)NCC3CNCCCO3)c2)cc1. The van der Waals surface area contributed by atoms with E-state index in [1.807, 2.05) is 6.92 Å². The van der Waals surface area contributed by atoms with Crippen LogP contribution in [0.25, 0.3) is 0 Å². The van der Waals surface area contributed by atoms with Crippen molar-refractivity contribution < 1.29 is 17.9 Å². The van der Waals surface area contributed by atoms with Gasteiger partial charge in [0.05, 0.1) is 16.6 Å². The van der Waals surface area contributed by atoms with Crippen LogP contribution in [0.15, 0.2) is 47.6 Å². The van der Waals surface area contributed by atoms with Crippen molar-refractivity contribution >= 4 is 15.9 Å². The first kappa shape index (κ1) is 18.6. The Hall–Kier alpha value is -2.16. The lowest BCUT2D eigenvalue weighted by Gasteiger charge is -2.15. The van der Waals surface area contributed by atoms with Gasteiger partial charge in [0.15, 0.2) is 0 Å². The summed E-state index contributed by atoms with van der Waals surface area (Å²) in [4.78, 5) is 12.5. The lowest BCUT2D eigenvalue weighted by Crippen LogP contribution is -2.38. The van der Waals surface area contributed by atoms with Gasteiger partial charge in [-0.05, 0) is 38.1 Å². The molecule has 140 valence electrons. The third-order valence-electron chi connectivity index (χ3n) is 4.24. The number of ether oxygens (including phenoxy) is 1. The van der Waals surface area contributed by atoms with Crippen molar-refractivity contribution in [2.75, 3.05) is 26.2 Å². The summed E-state index contributed by atoms with van der Waals surface area (Å²) in [5.41, 5.74) is 1.27. The summed E-state index contributed by atoms with van der Waals surface area (Å²) in [5.74, 6) is -0.323. The average Bonchev–Trinajstić information content (AvgIpc) is 2.99. The number of benzene rings is 1. The van der Waals surface area contributed by atoms with Crippen LogP contribution in [0.1, 0.15) is 22.3 Å². The van der Waals surface area contributed by atoms with Crippen molar-refractivity contribution in [1.82, 2.24) is 14.6 Å². The molecule has 0 aliphatic carbocycles. The zero-order valence-electron chi connectivity index (χ0n) is 14.6. The number of nitrogens with one attached hydrogen (secondary N) is 2. The van der Waals surface area contributed by atoms with Gasteiger partial charge in [-0.25, -0.2) is 12.4 Å². The van der Waals surface area contributed by atoms with Gasteiger partial charge in [-0.2, -0.15) is 0 Å². The second-order valence-electron chi connectivity index (χ2n) is 6.31. The van der Waals surface area contributed by atoms with Crippen molar-refractivity contribution in [1.29, 1.82) is 0 Å². The molecule has 3 rings (SSSR count). The van der Waals surface area contributed by atoms with Crippen molar-refractivity contribution in [2.45, 2.75) is 24.3 Å². The third-order valence-corrected chi connectivity index (χ3v) is 5.89. The summed E-state index contributed by atoms with van der Waals surface area (Å²) in [7, 11) is -3.71. The highest BCUT2D eigenvalue weighted by Crippen LogP contribution is 2.16. The van der Waals surface area contributed by atoms with E-state index < -0.39 is 10.0 Å². The molecule has 1 atom stereocenters. The van der Waals surface area contributed by atoms with E-state index in [0.717, 1.165) is 22.5 Å². The summed E-state index contributed by atoms with van der Waals surface area (Å²) in [6, 6.07) is 8.09. The predicted octanol–water partition coefficient (Wildman–Crippen LogP) is 1.14. The predicted molar refractivity (Wildman–Crippen MR) is 97.8 cm³/mol. The first-order valence-corrected chi connectivity index (χ1v) is 10.0. The zero-order chi connectivity index (χ0) is 18.6. The molecule has 1 amide bonds. The lowest BCUT2D eigenvalue weighted by atomic mass is 10.2. The van der Waals surface area contributed by atoms with E-state index in [9.17, 15) is 13.2 Å². The quantitative estimate of drug-likeness (QED) is 0.816. The van der Waals surface area contributed by atoms with Crippen LogP contribution in [0.5, 0.6) is 0 Å². The third kappa shape index (κ3) is 4.32. The number of aromatic nitrogens is 1. The molecule has 7 nitrogen and oxygen atoms in total. The van der Waals surface area contributed by atoms with Gasteiger partial charge >= 0.3 is 0 Å². The Kier molecular flexibility index (Phi) is 5.75. The minimum Gasteiger partial charge on any atom is -0.375 e. The van der Waals surface area contributed by atoms with Crippen molar-refractivity contribution in [2.24, 2.45) is 0 Å². The zero-order valence-corrected chi connectivity index (χ0v) is 15.5. The van der Waals surface area contributed by atoms with Gasteiger partial charge in [-0.3, -0.25) is 4.79 Å². The summed E-state index contributed by atoms with van der Waals surface area (Å²) in [6.45, 7) is 4.52. The highest BCUT2D eigenvalue weighted by atomic mass is 32.2. The van der Waals surface area contributed by atoms with E-state index in [-0.39, 0.29) is 16.9 Å². The monoisotopic (exact) mass is 377 g/mol. The fraction of sp³-hybridized carbons (Fsp3) is 0.389. The van der Waals surface area contributed by atoms with Crippen LogP contribution in [0, 0.1) is 6.92 Å². The van der Waals surface area contributed by atoms with E-state index in [1.54, 1.807) is 24.3 Å². The van der Waals surface area contributed by atoms with Gasteiger partial charge in [-0.15, -0.1) is 0 Å². The van der Waals surface area contributed by atoms with Crippen LogP contribution >= 0.6 is 0 Å². The van der Waals surface area contributed by atoms with Gasteiger partial charge in [0.25, 0.3) is 15.9 Å². The van der Waals surface area contributed by atoms with E-state index in [0.29, 0.717) is 25.3 Å². The first-order chi connectivity index (χ1) is 12.5. The van der Waals surface area contributed by atoms with E-state index in [2.05, 4.69) is 10.6 Å². The van der Waals surface area contributed by atoms with Crippen LogP contribution in [0.2, 0.25) is 0 Å². The molecule has 1 unspecified atom stereocenters. The molecule has 2 aromatic rings. The van der Waals surface area contributed by atoms with Crippen molar-refractivity contribution in [3.05, 3.63) is 53.9 Å². The smallest absolute Gasteiger partial charge is 0.267 e. The van der Waals surface area contributed by atoms with Crippen LogP contribution in [0.4, 0.5) is 0 Å². The Balaban J connectivity index is 1.66. The van der Waals surface area contributed by atoms with Gasteiger partial charge in [0.1, 0.15) is 0 Å². The van der Waals surface area contributed by atoms with Crippen LogP contribution in [-0.2, 0) is 14.8 Å². The standard InChI is InChI=1S/C18H23N3O4S/c1-14-3-5-17(6-4-14)26(23,24)21-9-7-15(13-21)18(22)20-12-16-11-19-8-2-10-25-16/h3-7,9,13,16,19H,2,8,10-12H2,1H3,(H,20,22). The Morgan fingerprint density at radius 3 is 2.85 bits per heavy atom. The summed E-state index contributed by atoms with van der Waals surface area (Å²) in [5, 5.41) is 6.04. The molecule has 0 spiro atoms. The largest absolute Gasteiger partial charge is 0.375 e. The number of amides is 1. The number of carbonyl (C=O) groups excluding carboxylic acids is 1. The van der Waals surface area contributed by atoms with Gasteiger partial charge in [0, 0.05) is 32.1 Å². The summed E-state index contributed by atoms with van der Waals surface area (Å²) >= 11 is 0. The van der Waals surface area contributed by atoms with E-state index in [1.165, 1.54) is 18.5 Å². The van der Waals surface area contributed by atoms with Crippen molar-refractivity contribution in [3.8, 4) is 0 Å². The Bertz CT molecular complexity index is 851. The van der Waals surface area contributed by atoms with Crippen molar-refractivity contribution in [3.63, 3.8) is 0 Å². The molecular weight excluding hydrogens is 354 g/mol. The van der Waals surface area contributed by atoms with Gasteiger partial charge in [-0.1, -0.05) is 17.7 Å². The van der Waals surface area contributed by atoms with Crippen LogP contribution in [-0.4, -0.2) is 50.6 Å². The molecule has 1 aromatic heterocycles. The molecule has 0 bridgehead atoms. The highest BCUT2D eigenvalue weighted by molar-refractivity contribution is 7.90.